The maximum absolute atomic E-state index is 10.1. The van der Waals surface area contributed by atoms with Crippen LogP contribution < -0.4 is 0 Å². The Kier molecular flexibility index (Phi) is 5.19. The summed E-state index contributed by atoms with van der Waals surface area (Å²) in [6.45, 7) is -0.352. The third-order valence-corrected chi connectivity index (χ3v) is 4.44. The molecule has 0 unspecified atom stereocenters. The number of methoxy groups -OCH3 is 1. The molecular weight excluding hydrogens is 286 g/mol. The molecule has 8 heteroatoms. The van der Waals surface area contributed by atoms with Crippen LogP contribution in [0, 0.1) is 0 Å². The number of aromatic nitrogens is 1. The van der Waals surface area contributed by atoms with Crippen LogP contribution in [0.4, 0.5) is 0 Å². The van der Waals surface area contributed by atoms with Crippen molar-refractivity contribution < 1.29 is 29.9 Å². The van der Waals surface area contributed by atoms with Crippen molar-refractivity contribution in [3.05, 3.63) is 18.3 Å². The average Bonchev–Trinajstić information content (AvgIpc) is 2.46. The highest BCUT2D eigenvalue weighted by Crippen LogP contribution is 2.37. The number of aromatic hydroxyl groups is 1. The van der Waals surface area contributed by atoms with Crippen LogP contribution in [0.3, 0.4) is 0 Å². The van der Waals surface area contributed by atoms with Crippen molar-refractivity contribution in [3.63, 3.8) is 0 Å². The van der Waals surface area contributed by atoms with Gasteiger partial charge in [-0.25, -0.2) is 4.98 Å². The zero-order valence-corrected chi connectivity index (χ0v) is 11.6. The van der Waals surface area contributed by atoms with Gasteiger partial charge in [-0.3, -0.25) is 0 Å². The zero-order valence-electron chi connectivity index (χ0n) is 10.8. The Balaban J connectivity index is 2.18. The molecule has 0 bridgehead atoms. The molecule has 0 spiro atoms. The summed E-state index contributed by atoms with van der Waals surface area (Å²) < 4.78 is 10.3. The lowest BCUT2D eigenvalue weighted by Crippen LogP contribution is -2.57. The molecule has 7 nitrogen and oxygen atoms in total. The smallest absolute Gasteiger partial charge is 0.186 e. The van der Waals surface area contributed by atoms with E-state index in [2.05, 4.69) is 4.98 Å². The van der Waals surface area contributed by atoms with Gasteiger partial charge in [0.05, 0.1) is 24.1 Å². The minimum atomic E-state index is -1.24. The predicted molar refractivity (Wildman–Crippen MR) is 70.3 cm³/mol. The minimum Gasteiger partial charge on any atom is -0.505 e. The summed E-state index contributed by atoms with van der Waals surface area (Å²) in [7, 11) is 1.34. The fourth-order valence-corrected chi connectivity index (χ4v) is 3.17. The number of aliphatic hydroxyl groups is 3. The van der Waals surface area contributed by atoms with Crippen molar-refractivity contribution in [2.24, 2.45) is 0 Å². The van der Waals surface area contributed by atoms with Crippen LogP contribution in [0.5, 0.6) is 5.75 Å². The van der Waals surface area contributed by atoms with E-state index in [4.69, 9.17) is 9.47 Å². The average molecular weight is 303 g/mol. The molecule has 0 aromatic carbocycles. The molecular formula is C12H17NO6S. The van der Waals surface area contributed by atoms with Gasteiger partial charge in [0, 0.05) is 13.3 Å². The molecule has 0 aliphatic carbocycles. The van der Waals surface area contributed by atoms with Crippen LogP contribution in [-0.4, -0.2) is 69.0 Å². The van der Waals surface area contributed by atoms with Crippen LogP contribution in [0.15, 0.2) is 23.4 Å². The molecule has 0 amide bonds. The van der Waals surface area contributed by atoms with E-state index in [1.807, 2.05) is 0 Å². The van der Waals surface area contributed by atoms with E-state index >= 15 is 0 Å². The number of thioether (sulfide) groups is 1. The number of ether oxygens (including phenoxy) is 2. The first-order valence-electron chi connectivity index (χ1n) is 6.04. The van der Waals surface area contributed by atoms with Crippen molar-refractivity contribution in [3.8, 4) is 5.75 Å². The number of pyridine rings is 1. The highest BCUT2D eigenvalue weighted by Gasteiger charge is 2.45. The highest BCUT2D eigenvalue weighted by atomic mass is 32.2. The largest absolute Gasteiger partial charge is 0.505 e. The Morgan fingerprint density at radius 1 is 1.40 bits per heavy atom. The molecule has 5 atom stereocenters. The Bertz CT molecular complexity index is 446. The molecule has 2 heterocycles. The number of hydrogen-bond acceptors (Lipinski definition) is 8. The van der Waals surface area contributed by atoms with Gasteiger partial charge in [-0.2, -0.15) is 0 Å². The van der Waals surface area contributed by atoms with Crippen LogP contribution in [-0.2, 0) is 9.47 Å². The topological polar surface area (TPSA) is 112 Å². The second-order valence-corrected chi connectivity index (χ2v) is 5.52. The molecule has 1 aromatic rings. The van der Waals surface area contributed by atoms with E-state index in [0.717, 1.165) is 11.8 Å². The van der Waals surface area contributed by atoms with Gasteiger partial charge in [0.25, 0.3) is 0 Å². The molecule has 1 aliphatic rings. The molecule has 1 fully saturated rings. The molecule has 0 saturated carbocycles. The second-order valence-electron chi connectivity index (χ2n) is 4.35. The van der Waals surface area contributed by atoms with Gasteiger partial charge in [-0.05, 0) is 12.1 Å². The predicted octanol–water partition coefficient (Wildman–Crippen LogP) is -0.667. The fourth-order valence-electron chi connectivity index (χ4n) is 2.00. The Morgan fingerprint density at radius 2 is 2.15 bits per heavy atom. The van der Waals surface area contributed by atoms with Gasteiger partial charge >= 0.3 is 0 Å². The van der Waals surface area contributed by atoms with E-state index < -0.39 is 29.9 Å². The van der Waals surface area contributed by atoms with Crippen molar-refractivity contribution in [1.29, 1.82) is 0 Å². The molecule has 1 saturated heterocycles. The number of aliphatic hydroxyl groups excluding tert-OH is 3. The van der Waals surface area contributed by atoms with Crippen molar-refractivity contribution >= 4 is 11.8 Å². The lowest BCUT2D eigenvalue weighted by molar-refractivity contribution is -0.259. The summed E-state index contributed by atoms with van der Waals surface area (Å²) in [5.74, 6) is -0.0373. The molecule has 20 heavy (non-hydrogen) atoms. The van der Waals surface area contributed by atoms with Crippen molar-refractivity contribution in [2.45, 2.75) is 34.9 Å². The fraction of sp³-hybridized carbons (Fsp3) is 0.583. The summed E-state index contributed by atoms with van der Waals surface area (Å²) in [6, 6.07) is 3.04. The monoisotopic (exact) mass is 303 g/mol. The van der Waals surface area contributed by atoms with E-state index in [1.54, 1.807) is 6.07 Å². The van der Waals surface area contributed by atoms with Gasteiger partial charge in [0.2, 0.25) is 0 Å². The lowest BCUT2D eigenvalue weighted by atomic mass is 10.0. The van der Waals surface area contributed by atoms with E-state index in [1.165, 1.54) is 19.4 Å². The molecule has 0 radical (unpaired) electrons. The summed E-state index contributed by atoms with van der Waals surface area (Å²) >= 11 is 1.04. The number of rotatable bonds is 4. The van der Waals surface area contributed by atoms with Gasteiger partial charge in [-0.15, -0.1) is 0 Å². The highest BCUT2D eigenvalue weighted by molar-refractivity contribution is 8.00. The van der Waals surface area contributed by atoms with Crippen molar-refractivity contribution in [2.75, 3.05) is 13.7 Å². The summed E-state index contributed by atoms with van der Waals surface area (Å²) in [5.41, 5.74) is 0. The van der Waals surface area contributed by atoms with E-state index in [-0.39, 0.29) is 12.4 Å². The normalized spacial score (nSPS) is 34.1. The summed E-state index contributed by atoms with van der Waals surface area (Å²) in [4.78, 5) is 3.99. The summed E-state index contributed by atoms with van der Waals surface area (Å²) in [5, 5.41) is 38.7. The van der Waals surface area contributed by atoms with Crippen LogP contribution >= 0.6 is 11.8 Å². The SMILES string of the molecule is CO[C@@H]1O[C@H](CO)[C@@H](Sc2ncccc2O)[C@H](O)[C@H]1O. The first kappa shape index (κ1) is 15.5. The van der Waals surface area contributed by atoms with Gasteiger partial charge in [0.1, 0.15) is 16.9 Å². The standard InChI is InChI=1S/C12H17NO6S/c1-18-12-9(17)8(16)10(7(5-14)19-12)20-11-6(15)3-2-4-13-11/h2-4,7-10,12,14-17H,5H2,1H3/t7-,8-,9-,10-,12-/m1/s1. The lowest BCUT2D eigenvalue weighted by Gasteiger charge is -2.41. The summed E-state index contributed by atoms with van der Waals surface area (Å²) in [6.07, 6.45) is -2.68. The van der Waals surface area contributed by atoms with Crippen LogP contribution in [0.25, 0.3) is 0 Å². The Labute approximate surface area is 120 Å². The van der Waals surface area contributed by atoms with Gasteiger partial charge in [-0.1, -0.05) is 11.8 Å². The quantitative estimate of drug-likeness (QED) is 0.579. The maximum Gasteiger partial charge on any atom is 0.186 e. The first-order valence-corrected chi connectivity index (χ1v) is 6.92. The van der Waals surface area contributed by atoms with Gasteiger partial charge < -0.3 is 29.9 Å². The number of hydrogen-bond donors (Lipinski definition) is 4. The van der Waals surface area contributed by atoms with Crippen molar-refractivity contribution in [1.82, 2.24) is 4.98 Å². The second kappa shape index (κ2) is 6.70. The number of nitrogens with zero attached hydrogens (tertiary/aromatic N) is 1. The molecule has 2 rings (SSSR count). The Morgan fingerprint density at radius 3 is 2.75 bits per heavy atom. The molecule has 1 aromatic heterocycles. The molecule has 4 N–H and O–H groups in total. The van der Waals surface area contributed by atoms with Crippen LogP contribution in [0.1, 0.15) is 0 Å². The van der Waals surface area contributed by atoms with E-state index in [9.17, 15) is 20.4 Å². The maximum atomic E-state index is 10.1. The molecule has 112 valence electrons. The Hall–Kier alpha value is -0.900. The first-order chi connectivity index (χ1) is 9.58. The minimum absolute atomic E-state index is 0.0373. The molecule has 1 aliphatic heterocycles. The van der Waals surface area contributed by atoms with Gasteiger partial charge in [0.15, 0.2) is 6.29 Å². The third-order valence-electron chi connectivity index (χ3n) is 3.05. The van der Waals surface area contributed by atoms with E-state index in [0.29, 0.717) is 5.03 Å². The third kappa shape index (κ3) is 3.05. The zero-order chi connectivity index (χ0) is 14.7. The van der Waals surface area contributed by atoms with Crippen LogP contribution in [0.2, 0.25) is 0 Å².